The van der Waals surface area contributed by atoms with E-state index in [0.29, 0.717) is 23.9 Å². The third kappa shape index (κ3) is 4.28. The van der Waals surface area contributed by atoms with Crippen LogP contribution in [0.25, 0.3) is 5.65 Å². The van der Waals surface area contributed by atoms with Gasteiger partial charge in [-0.1, -0.05) is 17.7 Å². The van der Waals surface area contributed by atoms with Gasteiger partial charge >= 0.3 is 0 Å². The highest BCUT2D eigenvalue weighted by atomic mass is 35.5. The molecule has 2 aromatic rings. The van der Waals surface area contributed by atoms with Crippen molar-refractivity contribution in [3.63, 3.8) is 0 Å². The number of fused-ring (bicyclic) bond motifs is 1. The summed E-state index contributed by atoms with van der Waals surface area (Å²) in [4.78, 5) is 19.2. The standard InChI is InChI=1S/C20H27ClN8O/c1-14(17-11-24-18-4-2-3-7-29(17)18)25-20(30)15-12-27(13-15)19(16(21)10-22)26-28-8-5-23-6-9-28/h2-4,7,10-11,14-15,22-23,26H,5-6,8-9,12-13H2,1H3,(H,25,30)/b19-16-,22-10?. The number of carbonyl (C=O) groups excluding carboxylic acids is 1. The van der Waals surface area contributed by atoms with Gasteiger partial charge in [-0.25, -0.2) is 9.99 Å². The maximum Gasteiger partial charge on any atom is 0.227 e. The zero-order valence-corrected chi connectivity index (χ0v) is 17.7. The van der Waals surface area contributed by atoms with E-state index in [4.69, 9.17) is 17.0 Å². The number of carbonyl (C=O) groups is 1. The summed E-state index contributed by atoms with van der Waals surface area (Å²) in [5.41, 5.74) is 5.13. The lowest BCUT2D eigenvalue weighted by Gasteiger charge is -2.43. The van der Waals surface area contributed by atoms with Crippen LogP contribution < -0.4 is 16.1 Å². The topological polar surface area (TPSA) is 101 Å². The van der Waals surface area contributed by atoms with E-state index in [9.17, 15) is 4.79 Å². The van der Waals surface area contributed by atoms with Gasteiger partial charge in [-0.3, -0.25) is 4.79 Å². The number of amides is 1. The fourth-order valence-corrected chi connectivity index (χ4v) is 3.94. The number of nitrogens with zero attached hydrogens (tertiary/aromatic N) is 4. The van der Waals surface area contributed by atoms with Gasteiger partial charge in [0.15, 0.2) is 0 Å². The van der Waals surface area contributed by atoms with Crippen molar-refractivity contribution in [2.45, 2.75) is 13.0 Å². The first-order valence-electron chi connectivity index (χ1n) is 10.2. The summed E-state index contributed by atoms with van der Waals surface area (Å²) >= 11 is 6.27. The second-order valence-corrected chi connectivity index (χ2v) is 8.04. The molecule has 0 aliphatic carbocycles. The zero-order chi connectivity index (χ0) is 21.1. The first kappa shape index (κ1) is 20.6. The van der Waals surface area contributed by atoms with Crippen LogP contribution in [0.5, 0.6) is 0 Å². The fourth-order valence-electron chi connectivity index (χ4n) is 3.77. The number of halogens is 1. The predicted molar refractivity (Wildman–Crippen MR) is 116 cm³/mol. The number of aromatic nitrogens is 2. The summed E-state index contributed by atoms with van der Waals surface area (Å²) < 4.78 is 1.99. The molecule has 1 amide bonds. The maximum absolute atomic E-state index is 12.8. The Morgan fingerprint density at radius 1 is 1.37 bits per heavy atom. The summed E-state index contributed by atoms with van der Waals surface area (Å²) in [6, 6.07) is 5.68. The third-order valence-electron chi connectivity index (χ3n) is 5.55. The smallest absolute Gasteiger partial charge is 0.227 e. The molecule has 160 valence electrons. The Bertz CT molecular complexity index is 945. The van der Waals surface area contributed by atoms with Crippen LogP contribution in [-0.4, -0.2) is 70.7 Å². The minimum atomic E-state index is -0.150. The number of imidazole rings is 1. The molecular weight excluding hydrogens is 404 g/mol. The largest absolute Gasteiger partial charge is 0.354 e. The zero-order valence-electron chi connectivity index (χ0n) is 16.9. The molecule has 2 aliphatic rings. The van der Waals surface area contributed by atoms with Crippen molar-refractivity contribution in [2.75, 3.05) is 39.3 Å². The van der Waals surface area contributed by atoms with Crippen molar-refractivity contribution in [3.8, 4) is 0 Å². The second-order valence-electron chi connectivity index (χ2n) is 7.63. The van der Waals surface area contributed by atoms with E-state index < -0.39 is 0 Å². The first-order chi connectivity index (χ1) is 14.6. The number of allylic oxidation sites excluding steroid dienone is 1. The quantitative estimate of drug-likeness (QED) is 0.487. The maximum atomic E-state index is 12.8. The molecule has 0 saturated carbocycles. The number of hydrogen-bond acceptors (Lipinski definition) is 7. The van der Waals surface area contributed by atoms with Crippen LogP contribution in [0.15, 0.2) is 41.4 Å². The van der Waals surface area contributed by atoms with Gasteiger partial charge in [0.2, 0.25) is 5.91 Å². The van der Waals surface area contributed by atoms with Crippen LogP contribution in [0.2, 0.25) is 0 Å². The van der Waals surface area contributed by atoms with Crippen LogP contribution >= 0.6 is 11.6 Å². The van der Waals surface area contributed by atoms with Gasteiger partial charge in [-0.2, -0.15) is 0 Å². The van der Waals surface area contributed by atoms with Gasteiger partial charge in [0, 0.05) is 51.7 Å². The molecule has 2 fully saturated rings. The Balaban J connectivity index is 1.35. The normalized spacial score (nSPS) is 19.7. The molecule has 4 heterocycles. The summed E-state index contributed by atoms with van der Waals surface area (Å²) in [7, 11) is 0. The number of piperazine rings is 1. The van der Waals surface area contributed by atoms with Crippen molar-refractivity contribution in [3.05, 3.63) is 47.1 Å². The number of pyridine rings is 1. The van der Waals surface area contributed by atoms with E-state index >= 15 is 0 Å². The monoisotopic (exact) mass is 430 g/mol. The van der Waals surface area contributed by atoms with Crippen LogP contribution in [-0.2, 0) is 4.79 Å². The van der Waals surface area contributed by atoms with E-state index in [-0.39, 0.29) is 17.9 Å². The number of hydrogen-bond donors (Lipinski definition) is 4. The molecule has 30 heavy (non-hydrogen) atoms. The van der Waals surface area contributed by atoms with Crippen molar-refractivity contribution >= 4 is 29.4 Å². The van der Waals surface area contributed by atoms with Gasteiger partial charge in [-0.05, 0) is 19.1 Å². The molecule has 2 aliphatic heterocycles. The van der Waals surface area contributed by atoms with E-state index in [1.807, 2.05) is 40.6 Å². The lowest BCUT2D eigenvalue weighted by Crippen LogP contribution is -2.58. The summed E-state index contributed by atoms with van der Waals surface area (Å²) in [5, 5.41) is 16.3. The average molecular weight is 431 g/mol. The first-order valence-corrected chi connectivity index (χ1v) is 10.5. The molecular formula is C20H27ClN8O. The van der Waals surface area contributed by atoms with Crippen LogP contribution in [0.1, 0.15) is 18.7 Å². The Hall–Kier alpha value is -2.62. The Morgan fingerprint density at radius 3 is 2.87 bits per heavy atom. The number of rotatable bonds is 7. The van der Waals surface area contributed by atoms with Crippen molar-refractivity contribution in [1.29, 1.82) is 5.41 Å². The van der Waals surface area contributed by atoms with Crippen molar-refractivity contribution < 1.29 is 4.79 Å². The Labute approximate surface area is 180 Å². The van der Waals surface area contributed by atoms with Crippen molar-refractivity contribution in [2.24, 2.45) is 5.92 Å². The summed E-state index contributed by atoms with van der Waals surface area (Å²) in [6.07, 6.45) is 4.88. The second kappa shape index (κ2) is 9.03. The third-order valence-corrected chi connectivity index (χ3v) is 5.84. The lowest BCUT2D eigenvalue weighted by atomic mass is 9.98. The molecule has 0 bridgehead atoms. The molecule has 4 N–H and O–H groups in total. The fraction of sp³-hybridized carbons (Fsp3) is 0.450. The van der Waals surface area contributed by atoms with E-state index in [1.165, 1.54) is 0 Å². The number of nitrogens with one attached hydrogen (secondary N) is 4. The Kier molecular flexibility index (Phi) is 6.21. The highest BCUT2D eigenvalue weighted by Crippen LogP contribution is 2.24. The molecule has 0 radical (unpaired) electrons. The molecule has 1 unspecified atom stereocenters. The van der Waals surface area contributed by atoms with Crippen molar-refractivity contribution in [1.82, 2.24) is 35.4 Å². The van der Waals surface area contributed by atoms with Gasteiger partial charge in [-0.15, -0.1) is 0 Å². The van der Waals surface area contributed by atoms with Crippen LogP contribution in [0.3, 0.4) is 0 Å². The molecule has 4 rings (SSSR count). The van der Waals surface area contributed by atoms with Crippen LogP contribution in [0, 0.1) is 11.3 Å². The minimum Gasteiger partial charge on any atom is -0.354 e. The minimum absolute atomic E-state index is 0.0112. The molecule has 9 nitrogen and oxygen atoms in total. The van der Waals surface area contributed by atoms with Gasteiger partial charge in [0.05, 0.1) is 28.9 Å². The lowest BCUT2D eigenvalue weighted by molar-refractivity contribution is -0.130. The van der Waals surface area contributed by atoms with E-state index in [2.05, 4.69) is 26.1 Å². The average Bonchev–Trinajstić information content (AvgIpc) is 3.16. The molecule has 2 aromatic heterocycles. The SMILES string of the molecule is CC(NC(=O)C1CN(/C(NN2CCNCC2)=C(\Cl)C=N)C1)c1cnc2ccccn12. The van der Waals surface area contributed by atoms with Gasteiger partial charge in [0.1, 0.15) is 11.5 Å². The van der Waals surface area contributed by atoms with E-state index in [0.717, 1.165) is 43.7 Å². The molecule has 10 heteroatoms. The number of likely N-dealkylation sites (tertiary alicyclic amines) is 1. The summed E-state index contributed by atoms with van der Waals surface area (Å²) in [5.74, 6) is 0.575. The number of hydrazine groups is 1. The Morgan fingerprint density at radius 2 is 2.13 bits per heavy atom. The van der Waals surface area contributed by atoms with E-state index in [1.54, 1.807) is 6.20 Å². The molecule has 2 saturated heterocycles. The molecule has 0 spiro atoms. The van der Waals surface area contributed by atoms with Gasteiger partial charge < -0.3 is 30.8 Å². The molecule has 0 aromatic carbocycles. The van der Waals surface area contributed by atoms with Crippen LogP contribution in [0.4, 0.5) is 0 Å². The molecule has 1 atom stereocenters. The van der Waals surface area contributed by atoms with Gasteiger partial charge in [0.25, 0.3) is 0 Å². The summed E-state index contributed by atoms with van der Waals surface area (Å²) in [6.45, 7) is 6.58. The highest BCUT2D eigenvalue weighted by molar-refractivity contribution is 6.39. The predicted octanol–water partition coefficient (Wildman–Crippen LogP) is 0.911. The highest BCUT2D eigenvalue weighted by Gasteiger charge is 2.36.